The number of hydrogen-bond donors (Lipinski definition) is 0. The maximum Gasteiger partial charge on any atom is 0.253 e. The van der Waals surface area contributed by atoms with Crippen LogP contribution in [0.15, 0.2) is 35.9 Å². The van der Waals surface area contributed by atoms with Crippen LogP contribution >= 0.6 is 11.6 Å². The number of carbonyl (C=O) groups excluding carboxylic acids is 2. The Morgan fingerprint density at radius 2 is 1.83 bits per heavy atom. The van der Waals surface area contributed by atoms with Crippen molar-refractivity contribution in [2.45, 2.75) is 19.4 Å². The van der Waals surface area contributed by atoms with Crippen LogP contribution in [-0.2, 0) is 16.1 Å². The van der Waals surface area contributed by atoms with Crippen molar-refractivity contribution in [2.75, 3.05) is 33.3 Å². The lowest BCUT2D eigenvalue weighted by Crippen LogP contribution is -2.50. The summed E-state index contributed by atoms with van der Waals surface area (Å²) < 4.78 is 5.10. The molecule has 1 aliphatic rings. The standard InChI is InChI=1S/C18H23ClN2O3/c1-14(19)6-7-17(22)20-8-10-21(11-9-20)18(23)16-5-3-4-15(12-16)13-24-2/h3-5,12H,1,6-11,13H2,2H3. The fourth-order valence-corrected chi connectivity index (χ4v) is 2.80. The van der Waals surface area contributed by atoms with E-state index >= 15 is 0 Å². The van der Waals surface area contributed by atoms with Gasteiger partial charge in [-0.1, -0.05) is 30.3 Å². The summed E-state index contributed by atoms with van der Waals surface area (Å²) in [5.74, 6) is 0.0557. The summed E-state index contributed by atoms with van der Waals surface area (Å²) in [6.45, 7) is 6.27. The van der Waals surface area contributed by atoms with Crippen LogP contribution in [0.2, 0.25) is 0 Å². The SMILES string of the molecule is C=C(Cl)CCC(=O)N1CCN(C(=O)c2cccc(COC)c2)CC1. The third-order valence-electron chi connectivity index (χ3n) is 4.01. The number of benzene rings is 1. The first-order valence-electron chi connectivity index (χ1n) is 7.99. The van der Waals surface area contributed by atoms with E-state index in [9.17, 15) is 9.59 Å². The van der Waals surface area contributed by atoms with Gasteiger partial charge in [0.25, 0.3) is 5.91 Å². The topological polar surface area (TPSA) is 49.9 Å². The molecule has 6 heteroatoms. The first kappa shape index (κ1) is 18.5. The van der Waals surface area contributed by atoms with Crippen LogP contribution in [0.1, 0.15) is 28.8 Å². The molecule has 0 radical (unpaired) electrons. The highest BCUT2D eigenvalue weighted by molar-refractivity contribution is 6.29. The van der Waals surface area contributed by atoms with Crippen molar-refractivity contribution in [3.05, 3.63) is 47.0 Å². The van der Waals surface area contributed by atoms with Gasteiger partial charge in [-0.25, -0.2) is 0 Å². The number of piperazine rings is 1. The average molecular weight is 351 g/mol. The molecular formula is C18H23ClN2O3. The Labute approximate surface area is 147 Å². The van der Waals surface area contributed by atoms with E-state index in [0.717, 1.165) is 5.56 Å². The summed E-state index contributed by atoms with van der Waals surface area (Å²) in [5, 5.41) is 0.494. The first-order valence-corrected chi connectivity index (χ1v) is 8.37. The summed E-state index contributed by atoms with van der Waals surface area (Å²) in [5.41, 5.74) is 1.63. The Bertz CT molecular complexity index is 610. The fourth-order valence-electron chi connectivity index (χ4n) is 2.70. The van der Waals surface area contributed by atoms with E-state index in [2.05, 4.69) is 6.58 Å². The van der Waals surface area contributed by atoms with Gasteiger partial charge in [0, 0.05) is 50.3 Å². The third kappa shape index (κ3) is 5.08. The van der Waals surface area contributed by atoms with Crippen LogP contribution in [0.3, 0.4) is 0 Å². The quantitative estimate of drug-likeness (QED) is 0.792. The van der Waals surface area contributed by atoms with Gasteiger partial charge in [0.2, 0.25) is 5.91 Å². The molecule has 0 aromatic heterocycles. The molecule has 5 nitrogen and oxygen atoms in total. The molecule has 1 saturated heterocycles. The smallest absolute Gasteiger partial charge is 0.253 e. The molecule has 1 aromatic carbocycles. The lowest BCUT2D eigenvalue weighted by molar-refractivity contribution is -0.132. The van der Waals surface area contributed by atoms with E-state index in [1.54, 1.807) is 16.9 Å². The van der Waals surface area contributed by atoms with Crippen molar-refractivity contribution in [3.8, 4) is 0 Å². The van der Waals surface area contributed by atoms with Gasteiger partial charge in [-0.2, -0.15) is 0 Å². The molecule has 0 aliphatic carbocycles. The highest BCUT2D eigenvalue weighted by atomic mass is 35.5. The Kier molecular flexibility index (Phi) is 6.82. The molecule has 0 N–H and O–H groups in total. The van der Waals surface area contributed by atoms with Gasteiger partial charge in [-0.15, -0.1) is 0 Å². The average Bonchev–Trinajstić information content (AvgIpc) is 2.59. The number of allylic oxidation sites excluding steroid dienone is 1. The van der Waals surface area contributed by atoms with Gasteiger partial charge >= 0.3 is 0 Å². The number of hydrogen-bond acceptors (Lipinski definition) is 3. The molecule has 0 saturated carbocycles. The Morgan fingerprint density at radius 1 is 1.17 bits per heavy atom. The maximum absolute atomic E-state index is 12.6. The second kappa shape index (κ2) is 8.85. The Balaban J connectivity index is 1.89. The summed E-state index contributed by atoms with van der Waals surface area (Å²) >= 11 is 5.70. The molecule has 1 heterocycles. The second-order valence-electron chi connectivity index (χ2n) is 5.82. The molecule has 2 amide bonds. The van der Waals surface area contributed by atoms with Crippen molar-refractivity contribution >= 4 is 23.4 Å². The molecule has 0 bridgehead atoms. The molecule has 1 fully saturated rings. The van der Waals surface area contributed by atoms with Crippen LogP contribution < -0.4 is 0 Å². The van der Waals surface area contributed by atoms with Gasteiger partial charge in [-0.3, -0.25) is 9.59 Å². The summed E-state index contributed by atoms with van der Waals surface area (Å²) in [6.07, 6.45) is 0.862. The van der Waals surface area contributed by atoms with Crippen molar-refractivity contribution in [1.82, 2.24) is 9.80 Å². The molecule has 2 rings (SSSR count). The number of ether oxygens (including phenoxy) is 1. The zero-order chi connectivity index (χ0) is 17.5. The monoisotopic (exact) mass is 350 g/mol. The van der Waals surface area contributed by atoms with Gasteiger partial charge in [-0.05, 0) is 24.1 Å². The van der Waals surface area contributed by atoms with E-state index in [1.165, 1.54) is 0 Å². The lowest BCUT2D eigenvalue weighted by Gasteiger charge is -2.35. The molecule has 1 aromatic rings. The van der Waals surface area contributed by atoms with E-state index in [0.29, 0.717) is 56.2 Å². The Morgan fingerprint density at radius 3 is 2.46 bits per heavy atom. The van der Waals surface area contributed by atoms with Gasteiger partial charge < -0.3 is 14.5 Å². The number of halogens is 1. The summed E-state index contributed by atoms with van der Waals surface area (Å²) in [4.78, 5) is 28.2. The van der Waals surface area contributed by atoms with Crippen LogP contribution in [0.25, 0.3) is 0 Å². The molecule has 24 heavy (non-hydrogen) atoms. The molecule has 0 spiro atoms. The third-order valence-corrected chi connectivity index (χ3v) is 4.20. The zero-order valence-electron chi connectivity index (χ0n) is 14.0. The second-order valence-corrected chi connectivity index (χ2v) is 6.36. The molecule has 130 valence electrons. The number of amides is 2. The minimum absolute atomic E-state index is 0.00538. The zero-order valence-corrected chi connectivity index (χ0v) is 14.7. The van der Waals surface area contributed by atoms with Crippen molar-refractivity contribution in [3.63, 3.8) is 0 Å². The predicted molar refractivity (Wildman–Crippen MR) is 93.9 cm³/mol. The minimum atomic E-state index is -0.00538. The van der Waals surface area contributed by atoms with Crippen LogP contribution in [0.4, 0.5) is 0 Å². The molecule has 0 atom stereocenters. The van der Waals surface area contributed by atoms with E-state index in [-0.39, 0.29) is 11.8 Å². The Hall–Kier alpha value is -1.85. The number of methoxy groups -OCH3 is 1. The number of carbonyl (C=O) groups is 2. The highest BCUT2D eigenvalue weighted by Gasteiger charge is 2.24. The van der Waals surface area contributed by atoms with Crippen molar-refractivity contribution < 1.29 is 14.3 Å². The number of nitrogens with zero attached hydrogens (tertiary/aromatic N) is 2. The highest BCUT2D eigenvalue weighted by Crippen LogP contribution is 2.14. The van der Waals surface area contributed by atoms with E-state index in [4.69, 9.17) is 16.3 Å². The number of rotatable bonds is 6. The summed E-state index contributed by atoms with van der Waals surface area (Å²) in [6, 6.07) is 7.46. The van der Waals surface area contributed by atoms with Gasteiger partial charge in [0.05, 0.1) is 6.61 Å². The van der Waals surface area contributed by atoms with Gasteiger partial charge in [0.1, 0.15) is 0 Å². The van der Waals surface area contributed by atoms with E-state index in [1.807, 2.05) is 24.3 Å². The normalized spacial score (nSPS) is 14.6. The first-order chi connectivity index (χ1) is 11.5. The fraction of sp³-hybridized carbons (Fsp3) is 0.444. The van der Waals surface area contributed by atoms with Gasteiger partial charge in [0.15, 0.2) is 0 Å². The minimum Gasteiger partial charge on any atom is -0.380 e. The van der Waals surface area contributed by atoms with E-state index < -0.39 is 0 Å². The lowest BCUT2D eigenvalue weighted by atomic mass is 10.1. The molecular weight excluding hydrogens is 328 g/mol. The van der Waals surface area contributed by atoms with Crippen LogP contribution in [0, 0.1) is 0 Å². The maximum atomic E-state index is 12.6. The molecule has 0 unspecified atom stereocenters. The largest absolute Gasteiger partial charge is 0.380 e. The van der Waals surface area contributed by atoms with Crippen LogP contribution in [-0.4, -0.2) is 54.9 Å². The molecule has 1 aliphatic heterocycles. The predicted octanol–water partition coefficient (Wildman–Crippen LogP) is 2.65. The van der Waals surface area contributed by atoms with Crippen LogP contribution in [0.5, 0.6) is 0 Å². The van der Waals surface area contributed by atoms with Crippen molar-refractivity contribution in [1.29, 1.82) is 0 Å². The van der Waals surface area contributed by atoms with Crippen molar-refractivity contribution in [2.24, 2.45) is 0 Å². The summed E-state index contributed by atoms with van der Waals surface area (Å²) in [7, 11) is 1.63.